The SMILES string of the molecule is O=C(Nc1cccc(OC(F)(F)F)c1)Nc1cccc(-c2ccc3c(c2)CC[CH]C3)c1. The van der Waals surface area contributed by atoms with Gasteiger partial charge in [0.05, 0.1) is 0 Å². The van der Waals surface area contributed by atoms with Crippen molar-refractivity contribution in [2.24, 2.45) is 0 Å². The summed E-state index contributed by atoms with van der Waals surface area (Å²) in [6, 6.07) is 18.4. The number of aryl methyl sites for hydroxylation is 1. The molecule has 0 saturated heterocycles. The van der Waals surface area contributed by atoms with Gasteiger partial charge in [0, 0.05) is 17.4 Å². The fraction of sp³-hybridized carbons (Fsp3) is 0.167. The van der Waals surface area contributed by atoms with Gasteiger partial charge in [-0.3, -0.25) is 0 Å². The highest BCUT2D eigenvalue weighted by atomic mass is 19.4. The standard InChI is InChI=1S/C24H20F3N2O2/c25-24(26,27)31-22-10-4-9-21(15-22)29-23(30)28-20-8-3-7-18(14-20)19-12-11-16-5-1-2-6-17(16)13-19/h1,3-4,7-15H,2,5-6H2,(H2,28,29,30). The summed E-state index contributed by atoms with van der Waals surface area (Å²) in [6.07, 6.45) is 0.590. The van der Waals surface area contributed by atoms with E-state index in [4.69, 9.17) is 0 Å². The molecule has 3 aromatic carbocycles. The van der Waals surface area contributed by atoms with Gasteiger partial charge in [0.1, 0.15) is 5.75 Å². The molecule has 159 valence electrons. The number of benzene rings is 3. The zero-order chi connectivity index (χ0) is 21.8. The third-order valence-electron chi connectivity index (χ3n) is 4.97. The second-order valence-corrected chi connectivity index (χ2v) is 7.25. The first-order chi connectivity index (χ1) is 14.9. The Morgan fingerprint density at radius 3 is 2.32 bits per heavy atom. The van der Waals surface area contributed by atoms with Crippen molar-refractivity contribution < 1.29 is 22.7 Å². The van der Waals surface area contributed by atoms with Crippen molar-refractivity contribution in [2.75, 3.05) is 10.6 Å². The lowest BCUT2D eigenvalue weighted by Crippen LogP contribution is -2.20. The van der Waals surface area contributed by atoms with E-state index in [9.17, 15) is 18.0 Å². The molecule has 31 heavy (non-hydrogen) atoms. The Morgan fingerprint density at radius 1 is 0.839 bits per heavy atom. The van der Waals surface area contributed by atoms with Gasteiger partial charge < -0.3 is 15.4 Å². The van der Waals surface area contributed by atoms with Gasteiger partial charge in [0.2, 0.25) is 0 Å². The average molecular weight is 425 g/mol. The molecule has 0 aromatic heterocycles. The number of halogens is 3. The molecule has 0 aliphatic heterocycles. The summed E-state index contributed by atoms with van der Waals surface area (Å²) in [7, 11) is 0. The summed E-state index contributed by atoms with van der Waals surface area (Å²) in [5.41, 5.74) is 5.49. The minimum Gasteiger partial charge on any atom is -0.406 e. The molecule has 0 saturated carbocycles. The van der Waals surface area contributed by atoms with Gasteiger partial charge in [0.25, 0.3) is 0 Å². The predicted molar refractivity (Wildman–Crippen MR) is 114 cm³/mol. The highest BCUT2D eigenvalue weighted by molar-refractivity contribution is 6.00. The van der Waals surface area contributed by atoms with Crippen LogP contribution in [-0.4, -0.2) is 12.4 Å². The lowest BCUT2D eigenvalue weighted by molar-refractivity contribution is -0.274. The monoisotopic (exact) mass is 425 g/mol. The van der Waals surface area contributed by atoms with Crippen molar-refractivity contribution in [1.82, 2.24) is 0 Å². The lowest BCUT2D eigenvalue weighted by Gasteiger charge is -2.17. The zero-order valence-corrected chi connectivity index (χ0v) is 16.5. The highest BCUT2D eigenvalue weighted by Crippen LogP contribution is 2.29. The second-order valence-electron chi connectivity index (χ2n) is 7.25. The minimum absolute atomic E-state index is 0.182. The molecule has 2 N–H and O–H groups in total. The quantitative estimate of drug-likeness (QED) is 0.495. The number of urea groups is 1. The maximum Gasteiger partial charge on any atom is 0.573 e. The molecule has 1 aliphatic rings. The van der Waals surface area contributed by atoms with Crippen LogP contribution in [0.15, 0.2) is 66.7 Å². The predicted octanol–water partition coefficient (Wildman–Crippen LogP) is 6.59. The van der Waals surface area contributed by atoms with E-state index in [-0.39, 0.29) is 5.69 Å². The third kappa shape index (κ3) is 5.57. The molecule has 0 heterocycles. The van der Waals surface area contributed by atoms with E-state index >= 15 is 0 Å². The van der Waals surface area contributed by atoms with Crippen molar-refractivity contribution in [3.8, 4) is 16.9 Å². The topological polar surface area (TPSA) is 50.4 Å². The van der Waals surface area contributed by atoms with Gasteiger partial charge in [-0.15, -0.1) is 13.2 Å². The number of anilines is 2. The van der Waals surface area contributed by atoms with Crippen LogP contribution in [0.1, 0.15) is 17.5 Å². The normalized spacial score (nSPS) is 13.3. The Bertz CT molecular complexity index is 1100. The molecule has 7 heteroatoms. The molecule has 0 spiro atoms. The number of rotatable bonds is 4. The Kier molecular flexibility index (Phi) is 5.84. The van der Waals surface area contributed by atoms with Crippen molar-refractivity contribution in [1.29, 1.82) is 0 Å². The van der Waals surface area contributed by atoms with Crippen molar-refractivity contribution in [3.05, 3.63) is 84.3 Å². The van der Waals surface area contributed by atoms with Crippen LogP contribution in [0.5, 0.6) is 5.75 Å². The number of hydrogen-bond donors (Lipinski definition) is 2. The molecule has 1 aliphatic carbocycles. The number of carbonyl (C=O) groups excluding carboxylic acids is 1. The van der Waals surface area contributed by atoms with Crippen LogP contribution in [0.2, 0.25) is 0 Å². The van der Waals surface area contributed by atoms with Crippen molar-refractivity contribution in [3.63, 3.8) is 0 Å². The van der Waals surface area contributed by atoms with Crippen LogP contribution < -0.4 is 15.4 Å². The maximum absolute atomic E-state index is 12.4. The van der Waals surface area contributed by atoms with E-state index in [0.717, 1.165) is 42.5 Å². The molecule has 2 amide bonds. The largest absolute Gasteiger partial charge is 0.573 e. The minimum atomic E-state index is -4.80. The fourth-order valence-corrected chi connectivity index (χ4v) is 3.59. The first-order valence-corrected chi connectivity index (χ1v) is 9.83. The fourth-order valence-electron chi connectivity index (χ4n) is 3.59. The van der Waals surface area contributed by atoms with Gasteiger partial charge in [-0.05, 0) is 72.2 Å². The number of ether oxygens (including phenoxy) is 1. The molecule has 0 atom stereocenters. The molecule has 0 fully saturated rings. The number of alkyl halides is 3. The highest BCUT2D eigenvalue weighted by Gasteiger charge is 2.31. The van der Waals surface area contributed by atoms with E-state index in [1.54, 1.807) is 6.07 Å². The van der Waals surface area contributed by atoms with E-state index in [0.29, 0.717) is 5.69 Å². The van der Waals surface area contributed by atoms with E-state index < -0.39 is 18.1 Å². The molecule has 4 nitrogen and oxygen atoms in total. The third-order valence-corrected chi connectivity index (χ3v) is 4.97. The van der Waals surface area contributed by atoms with Crippen LogP contribution >= 0.6 is 0 Å². The van der Waals surface area contributed by atoms with E-state index in [1.165, 1.54) is 23.3 Å². The molecule has 1 radical (unpaired) electrons. The number of amides is 2. The summed E-state index contributed by atoms with van der Waals surface area (Å²) < 4.78 is 41.0. The molecule has 4 rings (SSSR count). The van der Waals surface area contributed by atoms with Gasteiger partial charge >= 0.3 is 12.4 Å². The average Bonchev–Trinajstić information content (AvgIpc) is 2.72. The van der Waals surface area contributed by atoms with Crippen LogP contribution in [0.25, 0.3) is 11.1 Å². The van der Waals surface area contributed by atoms with Crippen LogP contribution in [0.4, 0.5) is 29.3 Å². The zero-order valence-electron chi connectivity index (χ0n) is 16.5. The van der Waals surface area contributed by atoms with Crippen LogP contribution in [-0.2, 0) is 12.8 Å². The number of carbonyl (C=O) groups is 1. The Labute approximate surface area is 178 Å². The number of nitrogens with one attached hydrogen (secondary N) is 2. The summed E-state index contributed by atoms with van der Waals surface area (Å²) in [5, 5.41) is 5.23. The summed E-state index contributed by atoms with van der Waals surface area (Å²) in [5.74, 6) is -0.405. The van der Waals surface area contributed by atoms with E-state index in [1.807, 2.05) is 18.2 Å². The molecule has 3 aromatic rings. The molecule has 0 unspecified atom stereocenters. The van der Waals surface area contributed by atoms with Gasteiger partial charge in [-0.2, -0.15) is 0 Å². The second kappa shape index (κ2) is 8.71. The lowest BCUT2D eigenvalue weighted by atomic mass is 9.89. The van der Waals surface area contributed by atoms with Gasteiger partial charge in [-0.1, -0.05) is 36.4 Å². The Morgan fingerprint density at radius 2 is 1.55 bits per heavy atom. The Hall–Kier alpha value is -3.48. The molecular weight excluding hydrogens is 405 g/mol. The first-order valence-electron chi connectivity index (χ1n) is 9.83. The van der Waals surface area contributed by atoms with Crippen LogP contribution in [0.3, 0.4) is 0 Å². The summed E-state index contributed by atoms with van der Waals surface area (Å²) in [6.45, 7) is 0. The smallest absolute Gasteiger partial charge is 0.406 e. The van der Waals surface area contributed by atoms with Crippen molar-refractivity contribution in [2.45, 2.75) is 25.6 Å². The van der Waals surface area contributed by atoms with Crippen molar-refractivity contribution >= 4 is 17.4 Å². The molecular formula is C24H20F3N2O2. The number of fused-ring (bicyclic) bond motifs is 1. The van der Waals surface area contributed by atoms with Crippen LogP contribution in [0, 0.1) is 6.42 Å². The van der Waals surface area contributed by atoms with Gasteiger partial charge in [0.15, 0.2) is 0 Å². The van der Waals surface area contributed by atoms with E-state index in [2.05, 4.69) is 40.0 Å². The van der Waals surface area contributed by atoms with Gasteiger partial charge in [-0.25, -0.2) is 4.79 Å². The first kappa shape index (κ1) is 20.8. The summed E-state index contributed by atoms with van der Waals surface area (Å²) in [4.78, 5) is 12.3. The Balaban J connectivity index is 1.44. The summed E-state index contributed by atoms with van der Waals surface area (Å²) >= 11 is 0. The molecule has 0 bridgehead atoms. The number of hydrogen-bond acceptors (Lipinski definition) is 2. The maximum atomic E-state index is 12.4.